The van der Waals surface area contributed by atoms with Crippen molar-refractivity contribution >= 4 is 28.3 Å². The molecule has 34 heavy (non-hydrogen) atoms. The first-order chi connectivity index (χ1) is 16.4. The van der Waals surface area contributed by atoms with Gasteiger partial charge in [-0.25, -0.2) is 19.0 Å². The molecule has 1 unspecified atom stereocenters. The second kappa shape index (κ2) is 8.83. The molecule has 4 heterocycles. The van der Waals surface area contributed by atoms with Gasteiger partial charge in [0.2, 0.25) is 0 Å². The van der Waals surface area contributed by atoms with E-state index in [4.69, 9.17) is 4.98 Å². The van der Waals surface area contributed by atoms with E-state index in [2.05, 4.69) is 15.4 Å². The van der Waals surface area contributed by atoms with Crippen LogP contribution in [0.1, 0.15) is 47.7 Å². The highest BCUT2D eigenvalue weighted by molar-refractivity contribution is 7.13. The predicted octanol–water partition coefficient (Wildman–Crippen LogP) is 5.13. The summed E-state index contributed by atoms with van der Waals surface area (Å²) in [7, 11) is 1.81. The first kappa shape index (κ1) is 22.0. The number of hydrogen-bond acceptors (Lipinski definition) is 5. The third kappa shape index (κ3) is 3.88. The maximum Gasteiger partial charge on any atom is 0.253 e. The van der Waals surface area contributed by atoms with Gasteiger partial charge < -0.3 is 9.88 Å². The number of pyridine rings is 1. The highest BCUT2D eigenvalue weighted by Crippen LogP contribution is 2.30. The molecule has 9 heteroatoms. The lowest BCUT2D eigenvalue weighted by atomic mass is 10.0. The zero-order chi connectivity index (χ0) is 23.8. The molecule has 5 aromatic rings. The maximum absolute atomic E-state index is 14.8. The number of rotatable bonds is 6. The topological polar surface area (TPSA) is 77.6 Å². The molecule has 7 nitrogen and oxygen atoms in total. The van der Waals surface area contributed by atoms with Crippen LogP contribution in [0.3, 0.4) is 0 Å². The fraction of sp³-hybridized carbons (Fsp3) is 0.200. The molecule has 0 fully saturated rings. The Morgan fingerprint density at radius 1 is 1.18 bits per heavy atom. The summed E-state index contributed by atoms with van der Waals surface area (Å²) in [5, 5.41) is 10.1. The number of benzene rings is 1. The van der Waals surface area contributed by atoms with Gasteiger partial charge in [-0.15, -0.1) is 11.3 Å². The minimum Gasteiger partial charge on any atom is -0.338 e. The van der Waals surface area contributed by atoms with Crippen molar-refractivity contribution in [1.29, 1.82) is 0 Å². The van der Waals surface area contributed by atoms with Crippen LogP contribution < -0.4 is 5.32 Å². The van der Waals surface area contributed by atoms with Crippen molar-refractivity contribution in [3.63, 3.8) is 0 Å². The van der Waals surface area contributed by atoms with Gasteiger partial charge in [0.05, 0.1) is 27.7 Å². The summed E-state index contributed by atoms with van der Waals surface area (Å²) in [4.78, 5) is 23.9. The molecule has 0 saturated heterocycles. The first-order valence-corrected chi connectivity index (χ1v) is 11.8. The van der Waals surface area contributed by atoms with Crippen LogP contribution in [0.15, 0.2) is 66.4 Å². The molecule has 0 aliphatic heterocycles. The zero-order valence-electron chi connectivity index (χ0n) is 18.9. The largest absolute Gasteiger partial charge is 0.338 e. The SMILES string of the molecule is CC(C)n1ncc2c(C(=O)NC(c3ccccc3F)c3nccn3C)cc(-c3cccs3)nc21. The molecule has 1 N–H and O–H groups in total. The third-order valence-corrected chi connectivity index (χ3v) is 6.57. The molecule has 5 rings (SSSR count). The van der Waals surface area contributed by atoms with Crippen LogP contribution in [0, 0.1) is 5.82 Å². The Bertz CT molecular complexity index is 1470. The van der Waals surface area contributed by atoms with Gasteiger partial charge in [-0.05, 0) is 37.4 Å². The number of aryl methyl sites for hydroxylation is 1. The Hall–Kier alpha value is -3.85. The number of thiophene rings is 1. The van der Waals surface area contributed by atoms with Crippen LogP contribution in [0.4, 0.5) is 4.39 Å². The van der Waals surface area contributed by atoms with E-state index in [0.29, 0.717) is 33.7 Å². The monoisotopic (exact) mass is 474 g/mol. The molecule has 172 valence electrons. The third-order valence-electron chi connectivity index (χ3n) is 5.68. The van der Waals surface area contributed by atoms with Crippen LogP contribution in [0.2, 0.25) is 0 Å². The van der Waals surface area contributed by atoms with Crippen LogP contribution in [-0.4, -0.2) is 30.2 Å². The fourth-order valence-corrected chi connectivity index (χ4v) is 4.68. The summed E-state index contributed by atoms with van der Waals surface area (Å²) in [5.74, 6) is -0.243. The van der Waals surface area contributed by atoms with Gasteiger partial charge in [0.1, 0.15) is 17.7 Å². The van der Waals surface area contributed by atoms with E-state index in [-0.39, 0.29) is 11.9 Å². The summed E-state index contributed by atoms with van der Waals surface area (Å²) in [5.41, 5.74) is 2.09. The normalized spacial score (nSPS) is 12.4. The van der Waals surface area contributed by atoms with Gasteiger partial charge in [0, 0.05) is 31.0 Å². The van der Waals surface area contributed by atoms with E-state index in [0.717, 1.165) is 4.88 Å². The summed E-state index contributed by atoms with van der Waals surface area (Å²) in [6.07, 6.45) is 5.05. The van der Waals surface area contributed by atoms with Crippen LogP contribution in [0.25, 0.3) is 21.6 Å². The number of carbonyl (C=O) groups excluding carboxylic acids is 1. The number of halogens is 1. The quantitative estimate of drug-likeness (QED) is 0.370. The van der Waals surface area contributed by atoms with Crippen molar-refractivity contribution in [3.05, 3.63) is 89.2 Å². The minimum absolute atomic E-state index is 0.0678. The van der Waals surface area contributed by atoms with Crippen molar-refractivity contribution < 1.29 is 9.18 Å². The number of nitrogens with zero attached hydrogens (tertiary/aromatic N) is 5. The molecule has 0 saturated carbocycles. The number of aromatic nitrogens is 5. The number of imidazole rings is 1. The molecule has 0 aliphatic carbocycles. The highest BCUT2D eigenvalue weighted by atomic mass is 32.1. The summed E-state index contributed by atoms with van der Waals surface area (Å²) >= 11 is 1.55. The lowest BCUT2D eigenvalue weighted by Crippen LogP contribution is -2.32. The van der Waals surface area contributed by atoms with Gasteiger partial charge in [-0.1, -0.05) is 24.3 Å². The zero-order valence-corrected chi connectivity index (χ0v) is 19.8. The lowest BCUT2D eigenvalue weighted by Gasteiger charge is -2.20. The van der Waals surface area contributed by atoms with Crippen LogP contribution in [-0.2, 0) is 7.05 Å². The smallest absolute Gasteiger partial charge is 0.253 e. The molecular weight excluding hydrogens is 451 g/mol. The lowest BCUT2D eigenvalue weighted by molar-refractivity contribution is 0.0942. The van der Waals surface area contributed by atoms with Gasteiger partial charge in [-0.2, -0.15) is 5.10 Å². The number of carbonyl (C=O) groups is 1. The summed E-state index contributed by atoms with van der Waals surface area (Å²) < 4.78 is 18.4. The predicted molar refractivity (Wildman–Crippen MR) is 130 cm³/mol. The summed E-state index contributed by atoms with van der Waals surface area (Å²) in [6.45, 7) is 4.03. The number of amides is 1. The molecule has 1 aromatic carbocycles. The van der Waals surface area contributed by atoms with Gasteiger partial charge >= 0.3 is 0 Å². The van der Waals surface area contributed by atoms with Crippen molar-refractivity contribution in [2.45, 2.75) is 25.9 Å². The van der Waals surface area contributed by atoms with Crippen LogP contribution >= 0.6 is 11.3 Å². The van der Waals surface area contributed by atoms with Crippen molar-refractivity contribution in [2.24, 2.45) is 7.05 Å². The number of hydrogen-bond donors (Lipinski definition) is 1. The van der Waals surface area contributed by atoms with Crippen molar-refractivity contribution in [2.75, 3.05) is 0 Å². The molecule has 0 spiro atoms. The van der Waals surface area contributed by atoms with Gasteiger partial charge in [0.15, 0.2) is 5.65 Å². The van der Waals surface area contributed by atoms with E-state index >= 15 is 0 Å². The van der Waals surface area contributed by atoms with E-state index < -0.39 is 11.9 Å². The average Bonchev–Trinajstić information content (AvgIpc) is 3.58. The van der Waals surface area contributed by atoms with E-state index in [1.54, 1.807) is 63.4 Å². The average molecular weight is 475 g/mol. The Balaban J connectivity index is 1.63. The Morgan fingerprint density at radius 2 is 2.00 bits per heavy atom. The maximum atomic E-state index is 14.8. The second-order valence-corrected chi connectivity index (χ2v) is 9.22. The summed E-state index contributed by atoms with van der Waals surface area (Å²) in [6, 6.07) is 11.4. The molecule has 1 amide bonds. The van der Waals surface area contributed by atoms with E-state index in [9.17, 15) is 9.18 Å². The number of nitrogens with one attached hydrogen (secondary N) is 1. The second-order valence-electron chi connectivity index (χ2n) is 8.28. The first-order valence-electron chi connectivity index (χ1n) is 10.9. The molecule has 0 aliphatic rings. The molecule has 1 atom stereocenters. The molecule has 4 aromatic heterocycles. The van der Waals surface area contributed by atoms with Gasteiger partial charge in [-0.3, -0.25) is 4.79 Å². The fourth-order valence-electron chi connectivity index (χ4n) is 3.99. The van der Waals surface area contributed by atoms with Gasteiger partial charge in [0.25, 0.3) is 5.91 Å². The standard InChI is InChI=1S/C25H23FN6OS/c1-15(2)32-23-18(14-28-32)17(13-20(29-23)21-9-6-12-34-21)25(33)30-22(24-27-10-11-31(24)3)16-7-4-5-8-19(16)26/h4-15,22H,1-3H3,(H,30,33). The Labute approximate surface area is 199 Å². The molecular formula is C25H23FN6OS. The Morgan fingerprint density at radius 3 is 2.68 bits per heavy atom. The van der Waals surface area contributed by atoms with Crippen molar-refractivity contribution in [1.82, 2.24) is 29.6 Å². The highest BCUT2D eigenvalue weighted by Gasteiger charge is 2.26. The van der Waals surface area contributed by atoms with E-state index in [1.807, 2.05) is 38.4 Å². The molecule has 0 bridgehead atoms. The van der Waals surface area contributed by atoms with Crippen LogP contribution in [0.5, 0.6) is 0 Å². The van der Waals surface area contributed by atoms with Crippen molar-refractivity contribution in [3.8, 4) is 10.6 Å². The van der Waals surface area contributed by atoms with E-state index in [1.165, 1.54) is 6.07 Å². The number of fused-ring (bicyclic) bond motifs is 1. The Kier molecular flexibility index (Phi) is 5.70. The molecule has 0 radical (unpaired) electrons. The minimum atomic E-state index is -0.776.